The summed E-state index contributed by atoms with van der Waals surface area (Å²) >= 11 is 2.72. The molecule has 2 fully saturated rings. The van der Waals surface area contributed by atoms with Gasteiger partial charge in [-0.15, -0.1) is 11.3 Å². The number of carbonyl (C=O) groups excluding carboxylic acids is 1. The number of fused-ring (bicyclic) bond motifs is 1. The van der Waals surface area contributed by atoms with Crippen LogP contribution in [-0.4, -0.2) is 80.5 Å². The Balaban J connectivity index is 1.45. The van der Waals surface area contributed by atoms with E-state index in [0.717, 1.165) is 73.5 Å². The fourth-order valence-corrected chi connectivity index (χ4v) is 9.02. The maximum Gasteiger partial charge on any atom is 0.253 e. The van der Waals surface area contributed by atoms with Crippen LogP contribution in [0.1, 0.15) is 36.8 Å². The first-order valence-corrected chi connectivity index (χ1v) is 16.0. The van der Waals surface area contributed by atoms with Gasteiger partial charge in [-0.2, -0.15) is 4.31 Å². The third-order valence-electron chi connectivity index (χ3n) is 7.06. The van der Waals surface area contributed by atoms with E-state index in [4.69, 9.17) is 9.72 Å². The van der Waals surface area contributed by atoms with Crippen LogP contribution in [-0.2, 0) is 19.6 Å². The predicted molar refractivity (Wildman–Crippen MR) is 149 cm³/mol. The van der Waals surface area contributed by atoms with Crippen LogP contribution in [0, 0.1) is 13.8 Å². The Bertz CT molecular complexity index is 1330. The molecular formula is C26H34N4O4S3. The van der Waals surface area contributed by atoms with Gasteiger partial charge in [0.2, 0.25) is 5.91 Å². The molecule has 11 heteroatoms. The van der Waals surface area contributed by atoms with Gasteiger partial charge in [-0.1, -0.05) is 29.9 Å². The normalized spacial score (nSPS) is 19.9. The van der Waals surface area contributed by atoms with Crippen molar-refractivity contribution in [2.45, 2.75) is 49.8 Å². The van der Waals surface area contributed by atoms with Crippen molar-refractivity contribution in [3.63, 3.8) is 0 Å². The lowest BCUT2D eigenvalue weighted by atomic mass is 10.0. The molecule has 2 saturated heterocycles. The average Bonchev–Trinajstić information content (AvgIpc) is 3.58. The fourth-order valence-electron chi connectivity index (χ4n) is 5.20. The van der Waals surface area contributed by atoms with E-state index in [9.17, 15) is 13.2 Å². The van der Waals surface area contributed by atoms with E-state index in [2.05, 4.69) is 17.9 Å². The minimum Gasteiger partial charge on any atom is -0.379 e. The molecule has 1 amide bonds. The second-order valence-electron chi connectivity index (χ2n) is 9.78. The number of piperidine rings is 1. The van der Waals surface area contributed by atoms with Gasteiger partial charge >= 0.3 is 0 Å². The predicted octanol–water partition coefficient (Wildman–Crippen LogP) is 4.27. The number of thiazole rings is 1. The van der Waals surface area contributed by atoms with Crippen molar-refractivity contribution in [1.82, 2.24) is 14.2 Å². The van der Waals surface area contributed by atoms with Gasteiger partial charge in [0.25, 0.3) is 10.0 Å². The summed E-state index contributed by atoms with van der Waals surface area (Å²) in [5, 5.41) is 2.41. The van der Waals surface area contributed by atoms with Crippen LogP contribution in [0.4, 0.5) is 5.13 Å². The third-order valence-corrected chi connectivity index (χ3v) is 11.6. The number of aromatic nitrogens is 1. The summed E-state index contributed by atoms with van der Waals surface area (Å²) in [6.07, 6.45) is 2.88. The van der Waals surface area contributed by atoms with Crippen molar-refractivity contribution in [2.24, 2.45) is 0 Å². The first kappa shape index (κ1) is 26.7. The van der Waals surface area contributed by atoms with Crippen LogP contribution in [0.25, 0.3) is 10.2 Å². The zero-order valence-corrected chi connectivity index (χ0v) is 23.8. The Morgan fingerprint density at radius 3 is 2.76 bits per heavy atom. The number of hydrogen-bond acceptors (Lipinski definition) is 8. The number of aryl methyl sites for hydroxylation is 2. The molecule has 2 aliphatic rings. The van der Waals surface area contributed by atoms with Crippen LogP contribution in [0.15, 0.2) is 33.9 Å². The number of hydrogen-bond donors (Lipinski definition) is 0. The van der Waals surface area contributed by atoms with E-state index in [0.29, 0.717) is 24.6 Å². The van der Waals surface area contributed by atoms with Crippen LogP contribution in [0.2, 0.25) is 0 Å². The zero-order valence-electron chi connectivity index (χ0n) is 21.4. The number of amides is 1. The highest BCUT2D eigenvalue weighted by Gasteiger charge is 2.40. The number of anilines is 1. The molecule has 2 aliphatic heterocycles. The van der Waals surface area contributed by atoms with E-state index in [1.807, 2.05) is 13.0 Å². The van der Waals surface area contributed by atoms with E-state index < -0.39 is 16.1 Å². The van der Waals surface area contributed by atoms with E-state index in [1.54, 1.807) is 22.4 Å². The van der Waals surface area contributed by atoms with Crippen molar-refractivity contribution in [2.75, 3.05) is 50.8 Å². The molecule has 0 radical (unpaired) electrons. The van der Waals surface area contributed by atoms with Gasteiger partial charge in [0.1, 0.15) is 10.3 Å². The summed E-state index contributed by atoms with van der Waals surface area (Å²) in [7, 11) is -3.74. The molecule has 5 rings (SSSR count). The maximum absolute atomic E-state index is 14.2. The molecule has 1 unspecified atom stereocenters. The second kappa shape index (κ2) is 11.5. The highest BCUT2D eigenvalue weighted by molar-refractivity contribution is 7.91. The van der Waals surface area contributed by atoms with E-state index in [-0.39, 0.29) is 10.1 Å². The van der Waals surface area contributed by atoms with Crippen LogP contribution in [0.3, 0.4) is 0 Å². The molecule has 0 N–H and O–H groups in total. The van der Waals surface area contributed by atoms with Gasteiger partial charge in [0.05, 0.1) is 23.4 Å². The molecule has 2 aromatic heterocycles. The number of thiophene rings is 1. The molecule has 37 heavy (non-hydrogen) atoms. The van der Waals surface area contributed by atoms with Crippen molar-refractivity contribution >= 4 is 54.0 Å². The van der Waals surface area contributed by atoms with Gasteiger partial charge in [0.15, 0.2) is 5.13 Å². The summed E-state index contributed by atoms with van der Waals surface area (Å²) in [5.74, 6) is -0.171. The Morgan fingerprint density at radius 2 is 2.00 bits per heavy atom. The first-order chi connectivity index (χ1) is 17.8. The van der Waals surface area contributed by atoms with E-state index >= 15 is 0 Å². The lowest BCUT2D eigenvalue weighted by Gasteiger charge is -2.36. The maximum atomic E-state index is 14.2. The number of ether oxygens (including phenoxy) is 1. The molecular weight excluding hydrogens is 529 g/mol. The summed E-state index contributed by atoms with van der Waals surface area (Å²) in [5.41, 5.74) is 3.15. The largest absolute Gasteiger partial charge is 0.379 e. The lowest BCUT2D eigenvalue weighted by Crippen LogP contribution is -2.53. The van der Waals surface area contributed by atoms with Gasteiger partial charge in [-0.3, -0.25) is 14.6 Å². The molecule has 1 atom stereocenters. The SMILES string of the molecule is Cc1cc(C)c2sc(N(CCCN3CCOCC3)C(=O)C3CCCCN3S(=O)(=O)c3cccs3)nc2c1. The number of carbonyl (C=O) groups is 1. The summed E-state index contributed by atoms with van der Waals surface area (Å²) < 4.78 is 35.3. The quantitative estimate of drug-likeness (QED) is 0.408. The van der Waals surface area contributed by atoms with Crippen LogP contribution < -0.4 is 4.90 Å². The Hall–Kier alpha value is -1.89. The monoisotopic (exact) mass is 562 g/mol. The highest BCUT2D eigenvalue weighted by Crippen LogP contribution is 2.35. The summed E-state index contributed by atoms with van der Waals surface area (Å²) in [6, 6.07) is 6.81. The standard InChI is InChI=1S/C26H34N4O4S3/c1-19-17-20(2)24-21(18-19)27-26(36-24)29(10-6-9-28-12-14-34-15-13-28)25(31)22-7-3-4-11-30(22)37(32,33)23-8-5-16-35-23/h5,8,16-18,22H,3-4,6-7,9-15H2,1-2H3. The molecule has 0 spiro atoms. The van der Waals surface area contributed by atoms with Gasteiger partial charge in [-0.25, -0.2) is 13.4 Å². The summed E-state index contributed by atoms with van der Waals surface area (Å²) in [4.78, 5) is 23.2. The van der Waals surface area contributed by atoms with Crippen molar-refractivity contribution in [1.29, 1.82) is 0 Å². The molecule has 0 bridgehead atoms. The number of sulfonamides is 1. The van der Waals surface area contributed by atoms with Gasteiger partial charge in [0, 0.05) is 32.7 Å². The molecule has 200 valence electrons. The van der Waals surface area contributed by atoms with Crippen molar-refractivity contribution in [3.05, 3.63) is 40.8 Å². The second-order valence-corrected chi connectivity index (χ2v) is 13.8. The van der Waals surface area contributed by atoms with Crippen molar-refractivity contribution < 1.29 is 17.9 Å². The average molecular weight is 563 g/mol. The topological polar surface area (TPSA) is 83.0 Å². The molecule has 0 saturated carbocycles. The first-order valence-electron chi connectivity index (χ1n) is 12.9. The Kier molecular flexibility index (Phi) is 8.28. The Morgan fingerprint density at radius 1 is 1.19 bits per heavy atom. The van der Waals surface area contributed by atoms with Gasteiger partial charge in [-0.05, 0) is 61.7 Å². The third kappa shape index (κ3) is 5.76. The number of nitrogens with zero attached hydrogens (tertiary/aromatic N) is 4. The molecule has 3 aromatic rings. The minimum absolute atomic E-state index is 0.171. The molecule has 0 aliphatic carbocycles. The van der Waals surface area contributed by atoms with E-state index in [1.165, 1.54) is 27.0 Å². The molecule has 1 aromatic carbocycles. The van der Waals surface area contributed by atoms with Gasteiger partial charge < -0.3 is 4.74 Å². The fraction of sp³-hybridized carbons (Fsp3) is 0.538. The Labute approximate surface area is 226 Å². The van der Waals surface area contributed by atoms with Crippen LogP contribution >= 0.6 is 22.7 Å². The molecule has 8 nitrogen and oxygen atoms in total. The summed E-state index contributed by atoms with van der Waals surface area (Å²) in [6.45, 7) is 9.08. The van der Waals surface area contributed by atoms with Crippen molar-refractivity contribution in [3.8, 4) is 0 Å². The smallest absolute Gasteiger partial charge is 0.253 e. The lowest BCUT2D eigenvalue weighted by molar-refractivity contribution is -0.123. The molecule has 4 heterocycles. The number of morpholine rings is 1. The number of rotatable bonds is 8. The highest BCUT2D eigenvalue weighted by atomic mass is 32.2. The minimum atomic E-state index is -3.74. The van der Waals surface area contributed by atoms with Crippen LogP contribution in [0.5, 0.6) is 0 Å². The number of benzene rings is 1. The zero-order chi connectivity index (χ0) is 26.0.